The molecule has 0 bridgehead atoms. The molecule has 0 N–H and O–H groups in total. The molecule has 2 aromatic heterocycles. The molecule has 0 aliphatic carbocycles. The van der Waals surface area contributed by atoms with E-state index >= 15 is 0 Å². The number of nitrogens with zero attached hydrogens (tertiary/aromatic N) is 3. The summed E-state index contributed by atoms with van der Waals surface area (Å²) in [5, 5.41) is 5.53. The van der Waals surface area contributed by atoms with Crippen molar-refractivity contribution in [2.75, 3.05) is 0 Å². The zero-order chi connectivity index (χ0) is 9.42. The van der Waals surface area contributed by atoms with Gasteiger partial charge in [-0.2, -0.15) is 5.10 Å². The lowest BCUT2D eigenvalue weighted by atomic mass is 10.2. The maximum Gasteiger partial charge on any atom is 0.113 e. The molecule has 0 spiro atoms. The molecule has 68 valence electrons. The van der Waals surface area contributed by atoms with Crippen LogP contribution in [0, 0.1) is 6.92 Å². The molecule has 0 saturated carbocycles. The number of hydrogen-bond acceptors (Lipinski definition) is 2. The molecule has 0 amide bonds. The number of aryl methyl sites for hydroxylation is 3. The van der Waals surface area contributed by atoms with Crippen molar-refractivity contribution in [1.29, 1.82) is 0 Å². The summed E-state index contributed by atoms with van der Waals surface area (Å²) in [4.78, 5) is 4.46. The molecule has 0 atom stereocenters. The molecule has 0 saturated heterocycles. The molecule has 0 aromatic carbocycles. The molecule has 2 heterocycles. The number of aromatic nitrogens is 3. The molecule has 0 aliphatic heterocycles. The Labute approximate surface area is 77.4 Å². The first-order chi connectivity index (χ1) is 6.20. The third kappa shape index (κ3) is 1.30. The fraction of sp³-hybridized carbons (Fsp3) is 0.400. The summed E-state index contributed by atoms with van der Waals surface area (Å²) in [6.07, 6.45) is 3.01. The Bertz CT molecular complexity index is 443. The minimum atomic E-state index is 0.978. The van der Waals surface area contributed by atoms with Crippen molar-refractivity contribution in [3.05, 3.63) is 23.7 Å². The van der Waals surface area contributed by atoms with Crippen molar-refractivity contribution < 1.29 is 0 Å². The predicted octanol–water partition coefficient (Wildman–Crippen LogP) is 1.84. The van der Waals surface area contributed by atoms with Crippen LogP contribution in [-0.4, -0.2) is 14.8 Å². The Kier molecular flexibility index (Phi) is 1.79. The second-order valence-electron chi connectivity index (χ2n) is 3.29. The van der Waals surface area contributed by atoms with Crippen molar-refractivity contribution in [3.63, 3.8) is 0 Å². The van der Waals surface area contributed by atoms with Crippen molar-refractivity contribution in [2.24, 2.45) is 7.05 Å². The Morgan fingerprint density at radius 2 is 2.23 bits per heavy atom. The lowest BCUT2D eigenvalue weighted by Crippen LogP contribution is -1.91. The van der Waals surface area contributed by atoms with Gasteiger partial charge in [-0.25, -0.2) is 0 Å². The van der Waals surface area contributed by atoms with Crippen LogP contribution in [0.1, 0.15) is 18.3 Å². The van der Waals surface area contributed by atoms with Crippen molar-refractivity contribution in [1.82, 2.24) is 14.8 Å². The van der Waals surface area contributed by atoms with E-state index in [0.29, 0.717) is 0 Å². The van der Waals surface area contributed by atoms with Gasteiger partial charge < -0.3 is 0 Å². The Balaban J connectivity index is 2.75. The standard InChI is InChI=1S/C10H13N3/c1-4-9-5-8-6-13(3)12-10(8)7(2)11-9/h5-6H,4H2,1-3H3. The molecule has 0 fully saturated rings. The molecule has 0 unspecified atom stereocenters. The van der Waals surface area contributed by atoms with Gasteiger partial charge in [-0.3, -0.25) is 9.67 Å². The largest absolute Gasteiger partial charge is 0.275 e. The minimum absolute atomic E-state index is 0.978. The number of hydrogen-bond donors (Lipinski definition) is 0. The normalized spacial score (nSPS) is 11.0. The highest BCUT2D eigenvalue weighted by molar-refractivity contribution is 5.80. The van der Waals surface area contributed by atoms with Gasteiger partial charge in [-0.05, 0) is 19.4 Å². The SMILES string of the molecule is CCc1cc2cn(C)nc2c(C)n1. The Morgan fingerprint density at radius 1 is 1.46 bits per heavy atom. The van der Waals surface area contributed by atoms with E-state index in [1.54, 1.807) is 0 Å². The van der Waals surface area contributed by atoms with E-state index < -0.39 is 0 Å². The number of rotatable bonds is 1. The van der Waals surface area contributed by atoms with Crippen LogP contribution in [0.5, 0.6) is 0 Å². The van der Waals surface area contributed by atoms with Gasteiger partial charge in [0.2, 0.25) is 0 Å². The molecular formula is C10H13N3. The number of fused-ring (bicyclic) bond motifs is 1. The van der Waals surface area contributed by atoms with Crippen LogP contribution < -0.4 is 0 Å². The van der Waals surface area contributed by atoms with Gasteiger partial charge >= 0.3 is 0 Å². The summed E-state index contributed by atoms with van der Waals surface area (Å²) in [5.74, 6) is 0. The van der Waals surface area contributed by atoms with E-state index in [0.717, 1.165) is 23.3 Å². The first-order valence-electron chi connectivity index (χ1n) is 4.50. The molecule has 13 heavy (non-hydrogen) atoms. The van der Waals surface area contributed by atoms with E-state index in [1.807, 2.05) is 24.9 Å². The highest BCUT2D eigenvalue weighted by Crippen LogP contribution is 2.15. The maximum absolute atomic E-state index is 4.46. The number of pyridine rings is 1. The summed E-state index contributed by atoms with van der Waals surface area (Å²) in [5.41, 5.74) is 3.17. The Hall–Kier alpha value is -1.38. The second kappa shape index (κ2) is 2.83. The topological polar surface area (TPSA) is 30.7 Å². The van der Waals surface area contributed by atoms with Gasteiger partial charge in [0, 0.05) is 24.3 Å². The average Bonchev–Trinajstić information content (AvgIpc) is 2.46. The van der Waals surface area contributed by atoms with E-state index in [4.69, 9.17) is 0 Å². The fourth-order valence-electron chi connectivity index (χ4n) is 1.55. The highest BCUT2D eigenvalue weighted by atomic mass is 15.2. The summed E-state index contributed by atoms with van der Waals surface area (Å²) in [6.45, 7) is 4.12. The fourth-order valence-corrected chi connectivity index (χ4v) is 1.55. The smallest absolute Gasteiger partial charge is 0.113 e. The summed E-state index contributed by atoms with van der Waals surface area (Å²) in [6, 6.07) is 2.11. The Morgan fingerprint density at radius 3 is 2.92 bits per heavy atom. The van der Waals surface area contributed by atoms with E-state index in [1.165, 1.54) is 5.39 Å². The summed E-state index contributed by atoms with van der Waals surface area (Å²) in [7, 11) is 1.94. The molecule has 3 nitrogen and oxygen atoms in total. The van der Waals surface area contributed by atoms with Crippen LogP contribution in [0.15, 0.2) is 12.3 Å². The van der Waals surface area contributed by atoms with E-state index in [-0.39, 0.29) is 0 Å². The summed E-state index contributed by atoms with van der Waals surface area (Å²) < 4.78 is 1.83. The maximum atomic E-state index is 4.46. The van der Waals surface area contributed by atoms with Gasteiger partial charge in [0.05, 0.1) is 5.69 Å². The first-order valence-corrected chi connectivity index (χ1v) is 4.50. The second-order valence-corrected chi connectivity index (χ2v) is 3.29. The minimum Gasteiger partial charge on any atom is -0.275 e. The van der Waals surface area contributed by atoms with Gasteiger partial charge in [-0.1, -0.05) is 6.92 Å². The molecular weight excluding hydrogens is 162 g/mol. The van der Waals surface area contributed by atoms with Crippen LogP contribution >= 0.6 is 0 Å². The van der Waals surface area contributed by atoms with Crippen molar-refractivity contribution in [2.45, 2.75) is 20.3 Å². The zero-order valence-corrected chi connectivity index (χ0v) is 8.20. The van der Waals surface area contributed by atoms with Crippen LogP contribution in [0.25, 0.3) is 10.9 Å². The van der Waals surface area contributed by atoms with Crippen LogP contribution in [-0.2, 0) is 13.5 Å². The van der Waals surface area contributed by atoms with Crippen molar-refractivity contribution >= 4 is 10.9 Å². The average molecular weight is 175 g/mol. The zero-order valence-electron chi connectivity index (χ0n) is 8.20. The van der Waals surface area contributed by atoms with Crippen LogP contribution in [0.2, 0.25) is 0 Å². The first kappa shape index (κ1) is 8.23. The third-order valence-electron chi connectivity index (χ3n) is 2.20. The summed E-state index contributed by atoms with van der Waals surface area (Å²) >= 11 is 0. The quantitative estimate of drug-likeness (QED) is 0.662. The molecule has 3 heteroatoms. The van der Waals surface area contributed by atoms with Gasteiger partial charge in [0.25, 0.3) is 0 Å². The monoisotopic (exact) mass is 175 g/mol. The van der Waals surface area contributed by atoms with E-state index in [2.05, 4.69) is 23.1 Å². The lowest BCUT2D eigenvalue weighted by Gasteiger charge is -1.98. The molecule has 2 aromatic rings. The van der Waals surface area contributed by atoms with Gasteiger partial charge in [-0.15, -0.1) is 0 Å². The van der Waals surface area contributed by atoms with Gasteiger partial charge in [0.15, 0.2) is 0 Å². The van der Waals surface area contributed by atoms with Gasteiger partial charge in [0.1, 0.15) is 5.52 Å². The third-order valence-corrected chi connectivity index (χ3v) is 2.20. The highest BCUT2D eigenvalue weighted by Gasteiger charge is 2.04. The van der Waals surface area contributed by atoms with E-state index in [9.17, 15) is 0 Å². The predicted molar refractivity (Wildman–Crippen MR) is 52.6 cm³/mol. The molecule has 0 aliphatic rings. The molecule has 0 radical (unpaired) electrons. The lowest BCUT2D eigenvalue weighted by molar-refractivity contribution is 0.778. The van der Waals surface area contributed by atoms with Crippen molar-refractivity contribution in [3.8, 4) is 0 Å². The van der Waals surface area contributed by atoms with Crippen LogP contribution in [0.4, 0.5) is 0 Å². The molecule has 2 rings (SSSR count). The van der Waals surface area contributed by atoms with Crippen LogP contribution in [0.3, 0.4) is 0 Å².